The molecular formula is C14H12BrClN2O2. The summed E-state index contributed by atoms with van der Waals surface area (Å²) in [5.74, 6) is 0. The Morgan fingerprint density at radius 1 is 1.25 bits per heavy atom. The minimum atomic E-state index is -0.418. The summed E-state index contributed by atoms with van der Waals surface area (Å²) >= 11 is 9.37. The van der Waals surface area contributed by atoms with Gasteiger partial charge in [-0.3, -0.25) is 10.1 Å². The Bertz CT molecular complexity index is 632. The lowest BCUT2D eigenvalue weighted by Gasteiger charge is -2.13. The number of halogens is 2. The van der Waals surface area contributed by atoms with E-state index in [-0.39, 0.29) is 11.7 Å². The second kappa shape index (κ2) is 6.35. The second-order valence-corrected chi connectivity index (χ2v) is 5.67. The minimum Gasteiger partial charge on any atom is -0.324 e. The van der Waals surface area contributed by atoms with Crippen molar-refractivity contribution in [2.45, 2.75) is 12.5 Å². The fourth-order valence-corrected chi connectivity index (χ4v) is 2.30. The topological polar surface area (TPSA) is 69.2 Å². The molecule has 2 aromatic rings. The third-order valence-electron chi connectivity index (χ3n) is 2.97. The smallest absolute Gasteiger partial charge is 0.269 e. The molecule has 0 saturated carbocycles. The van der Waals surface area contributed by atoms with Crippen LogP contribution in [-0.2, 0) is 6.42 Å². The first kappa shape index (κ1) is 15.0. The number of non-ortho nitro benzene ring substituents is 1. The van der Waals surface area contributed by atoms with Crippen molar-refractivity contribution in [3.63, 3.8) is 0 Å². The highest BCUT2D eigenvalue weighted by molar-refractivity contribution is 9.10. The molecular weight excluding hydrogens is 344 g/mol. The summed E-state index contributed by atoms with van der Waals surface area (Å²) in [6.45, 7) is 0. The van der Waals surface area contributed by atoms with Gasteiger partial charge in [0, 0.05) is 22.6 Å². The van der Waals surface area contributed by atoms with Gasteiger partial charge in [0.2, 0.25) is 0 Å². The van der Waals surface area contributed by atoms with Crippen LogP contribution >= 0.6 is 27.5 Å². The van der Waals surface area contributed by atoms with Crippen LogP contribution in [0.2, 0.25) is 5.02 Å². The van der Waals surface area contributed by atoms with E-state index in [1.165, 1.54) is 12.1 Å². The maximum atomic E-state index is 10.6. The molecule has 2 N–H and O–H groups in total. The molecule has 4 nitrogen and oxygen atoms in total. The SMILES string of the molecule is NC(Cc1ccc([N+](=O)[O-])cc1)c1ccc(Br)c(Cl)c1. The van der Waals surface area contributed by atoms with E-state index in [0.29, 0.717) is 11.4 Å². The number of nitrogens with two attached hydrogens (primary N) is 1. The van der Waals surface area contributed by atoms with E-state index >= 15 is 0 Å². The number of hydrogen-bond donors (Lipinski definition) is 1. The molecule has 2 rings (SSSR count). The average molecular weight is 356 g/mol. The first-order chi connectivity index (χ1) is 9.47. The van der Waals surface area contributed by atoms with Crippen molar-refractivity contribution in [1.82, 2.24) is 0 Å². The van der Waals surface area contributed by atoms with Crippen LogP contribution in [0.5, 0.6) is 0 Å². The Kier molecular flexibility index (Phi) is 4.75. The summed E-state index contributed by atoms with van der Waals surface area (Å²) in [5, 5.41) is 11.2. The highest BCUT2D eigenvalue weighted by Gasteiger charge is 2.10. The van der Waals surface area contributed by atoms with Crippen molar-refractivity contribution < 1.29 is 4.92 Å². The maximum Gasteiger partial charge on any atom is 0.269 e. The third-order valence-corrected chi connectivity index (χ3v) is 4.21. The predicted octanol–water partition coefficient (Wildman–Crippen LogP) is 4.25. The molecule has 1 atom stereocenters. The van der Waals surface area contributed by atoms with Gasteiger partial charge in [-0.1, -0.05) is 29.8 Å². The quantitative estimate of drug-likeness (QED) is 0.658. The van der Waals surface area contributed by atoms with Gasteiger partial charge in [-0.05, 0) is 45.6 Å². The Morgan fingerprint density at radius 3 is 2.45 bits per heavy atom. The molecule has 0 saturated heterocycles. The van der Waals surface area contributed by atoms with Crippen molar-refractivity contribution in [2.24, 2.45) is 5.73 Å². The van der Waals surface area contributed by atoms with Crippen molar-refractivity contribution in [3.05, 3.63) is 73.2 Å². The van der Waals surface area contributed by atoms with E-state index in [1.54, 1.807) is 12.1 Å². The van der Waals surface area contributed by atoms with Crippen molar-refractivity contribution in [3.8, 4) is 0 Å². The lowest BCUT2D eigenvalue weighted by atomic mass is 10.00. The van der Waals surface area contributed by atoms with E-state index < -0.39 is 4.92 Å². The van der Waals surface area contributed by atoms with E-state index in [9.17, 15) is 10.1 Å². The van der Waals surface area contributed by atoms with Crippen LogP contribution < -0.4 is 5.73 Å². The lowest BCUT2D eigenvalue weighted by molar-refractivity contribution is -0.384. The van der Waals surface area contributed by atoms with E-state index in [4.69, 9.17) is 17.3 Å². The van der Waals surface area contributed by atoms with Crippen molar-refractivity contribution in [2.75, 3.05) is 0 Å². The Morgan fingerprint density at radius 2 is 1.90 bits per heavy atom. The summed E-state index contributed by atoms with van der Waals surface area (Å²) in [5.41, 5.74) is 8.09. The molecule has 0 amide bonds. The zero-order valence-corrected chi connectivity index (χ0v) is 12.8. The second-order valence-electron chi connectivity index (χ2n) is 4.41. The first-order valence-corrected chi connectivity index (χ1v) is 7.08. The van der Waals surface area contributed by atoms with Crippen LogP contribution in [-0.4, -0.2) is 4.92 Å². The number of hydrogen-bond acceptors (Lipinski definition) is 3. The average Bonchev–Trinajstić information content (AvgIpc) is 2.42. The maximum absolute atomic E-state index is 10.6. The molecule has 20 heavy (non-hydrogen) atoms. The molecule has 0 radical (unpaired) electrons. The number of nitrogens with zero attached hydrogens (tertiary/aromatic N) is 1. The van der Waals surface area contributed by atoms with Crippen LogP contribution in [0.1, 0.15) is 17.2 Å². The van der Waals surface area contributed by atoms with Crippen molar-refractivity contribution >= 4 is 33.2 Å². The van der Waals surface area contributed by atoms with E-state index in [2.05, 4.69) is 15.9 Å². The van der Waals surface area contributed by atoms with Gasteiger partial charge in [-0.15, -0.1) is 0 Å². The van der Waals surface area contributed by atoms with Crippen LogP contribution in [0.15, 0.2) is 46.9 Å². The fraction of sp³-hybridized carbons (Fsp3) is 0.143. The van der Waals surface area contributed by atoms with Crippen LogP contribution in [0, 0.1) is 10.1 Å². The molecule has 0 aliphatic heterocycles. The zero-order valence-electron chi connectivity index (χ0n) is 10.4. The third kappa shape index (κ3) is 3.56. The van der Waals surface area contributed by atoms with Crippen LogP contribution in [0.3, 0.4) is 0 Å². The standard InChI is InChI=1S/C14H12BrClN2O2/c15-12-6-3-10(8-13(12)16)14(17)7-9-1-4-11(5-2-9)18(19)20/h1-6,8,14H,7,17H2. The highest BCUT2D eigenvalue weighted by atomic mass is 79.9. The monoisotopic (exact) mass is 354 g/mol. The van der Waals surface area contributed by atoms with Crippen LogP contribution in [0.25, 0.3) is 0 Å². The molecule has 6 heteroatoms. The molecule has 0 fully saturated rings. The highest BCUT2D eigenvalue weighted by Crippen LogP contribution is 2.26. The van der Waals surface area contributed by atoms with Gasteiger partial charge in [-0.25, -0.2) is 0 Å². The van der Waals surface area contributed by atoms with Gasteiger partial charge in [0.25, 0.3) is 5.69 Å². The molecule has 104 valence electrons. The molecule has 0 bridgehead atoms. The van der Waals surface area contributed by atoms with E-state index in [1.807, 2.05) is 18.2 Å². The van der Waals surface area contributed by atoms with E-state index in [0.717, 1.165) is 15.6 Å². The van der Waals surface area contributed by atoms with Gasteiger partial charge in [0.1, 0.15) is 0 Å². The largest absolute Gasteiger partial charge is 0.324 e. The molecule has 2 aromatic carbocycles. The Labute approximate surface area is 129 Å². The molecule has 0 spiro atoms. The number of nitro benzene ring substituents is 1. The summed E-state index contributed by atoms with van der Waals surface area (Å²) < 4.78 is 0.824. The lowest BCUT2D eigenvalue weighted by Crippen LogP contribution is -2.13. The summed E-state index contributed by atoms with van der Waals surface area (Å²) in [6, 6.07) is 11.8. The molecule has 0 aliphatic rings. The van der Waals surface area contributed by atoms with Gasteiger partial charge in [-0.2, -0.15) is 0 Å². The molecule has 0 heterocycles. The normalized spacial score (nSPS) is 12.2. The fourth-order valence-electron chi connectivity index (χ4n) is 1.87. The van der Waals surface area contributed by atoms with Gasteiger partial charge >= 0.3 is 0 Å². The first-order valence-electron chi connectivity index (χ1n) is 5.91. The number of rotatable bonds is 4. The predicted molar refractivity (Wildman–Crippen MR) is 82.9 cm³/mol. The molecule has 0 aromatic heterocycles. The zero-order chi connectivity index (χ0) is 14.7. The van der Waals surface area contributed by atoms with Gasteiger partial charge in [0.15, 0.2) is 0 Å². The summed E-state index contributed by atoms with van der Waals surface area (Å²) in [7, 11) is 0. The summed E-state index contributed by atoms with van der Waals surface area (Å²) in [4.78, 5) is 10.2. The van der Waals surface area contributed by atoms with Gasteiger partial charge in [0.05, 0.1) is 9.95 Å². The van der Waals surface area contributed by atoms with Crippen LogP contribution in [0.4, 0.5) is 5.69 Å². The molecule has 1 unspecified atom stereocenters. The Balaban J connectivity index is 2.12. The van der Waals surface area contributed by atoms with Crippen molar-refractivity contribution in [1.29, 1.82) is 0 Å². The van der Waals surface area contributed by atoms with Gasteiger partial charge < -0.3 is 5.73 Å². The molecule has 0 aliphatic carbocycles. The summed E-state index contributed by atoms with van der Waals surface area (Å²) in [6.07, 6.45) is 0.593. The minimum absolute atomic E-state index is 0.0778. The number of benzene rings is 2. The Hall–Kier alpha value is -1.43. The number of nitro groups is 1.